The maximum Gasteiger partial charge on any atom is 0.161 e. The van der Waals surface area contributed by atoms with Crippen LogP contribution in [0.5, 0.6) is 5.75 Å². The summed E-state index contributed by atoms with van der Waals surface area (Å²) in [4.78, 5) is 5.61. The number of nitrogens with zero attached hydrogens (tertiary/aromatic N) is 6. The molecule has 0 aliphatic heterocycles. The first kappa shape index (κ1) is 14.5. The number of methoxy groups -OCH3 is 1. The van der Waals surface area contributed by atoms with Crippen LogP contribution in [0.15, 0.2) is 49.1 Å². The fourth-order valence-electron chi connectivity index (χ4n) is 2.51. The maximum absolute atomic E-state index is 6.12. The summed E-state index contributed by atoms with van der Waals surface area (Å²) in [6.07, 6.45) is 6.60. The summed E-state index contributed by atoms with van der Waals surface area (Å²) in [5, 5.41) is 18.4. The summed E-state index contributed by atoms with van der Waals surface area (Å²) in [5.41, 5.74) is 2.26. The Hall–Kier alpha value is -3.06. The van der Waals surface area contributed by atoms with Gasteiger partial charge in [-0.05, 0) is 18.2 Å². The van der Waals surface area contributed by atoms with Gasteiger partial charge in [0.05, 0.1) is 25.2 Å². The van der Waals surface area contributed by atoms with Crippen molar-refractivity contribution in [2.24, 2.45) is 0 Å². The van der Waals surface area contributed by atoms with E-state index in [1.807, 2.05) is 24.3 Å². The predicted octanol–water partition coefficient (Wildman–Crippen LogP) is 2.93. The third-order valence-electron chi connectivity index (χ3n) is 3.63. The molecule has 3 aromatic heterocycles. The highest BCUT2D eigenvalue weighted by Crippen LogP contribution is 2.35. The minimum Gasteiger partial charge on any atom is -0.496 e. The molecule has 0 saturated heterocycles. The molecular weight excluding hydrogens is 328 g/mol. The van der Waals surface area contributed by atoms with E-state index in [2.05, 4.69) is 25.4 Å². The van der Waals surface area contributed by atoms with Gasteiger partial charge in [-0.15, -0.1) is 10.2 Å². The largest absolute Gasteiger partial charge is 0.496 e. The predicted molar refractivity (Wildman–Crippen MR) is 89.2 cm³/mol. The Labute approximate surface area is 141 Å². The number of hydrogen-bond acceptors (Lipinski definition) is 6. The molecule has 0 aliphatic carbocycles. The lowest BCUT2D eigenvalue weighted by atomic mass is 10.1. The van der Waals surface area contributed by atoms with E-state index in [4.69, 9.17) is 16.3 Å². The highest BCUT2D eigenvalue weighted by atomic mass is 35.5. The van der Waals surface area contributed by atoms with Gasteiger partial charge in [-0.2, -0.15) is 15.0 Å². The van der Waals surface area contributed by atoms with Crippen molar-refractivity contribution in [2.75, 3.05) is 7.11 Å². The van der Waals surface area contributed by atoms with Crippen LogP contribution in [-0.2, 0) is 0 Å². The standard InChI is InChI=1S/C16H11ClN6O/c1-24-14-8-10(23-19-6-7-20-23)2-3-12(14)15-11-4-5-18-9-13(11)16(17)22-21-15/h2-9H,1H3. The van der Waals surface area contributed by atoms with Crippen molar-refractivity contribution in [1.29, 1.82) is 0 Å². The summed E-state index contributed by atoms with van der Waals surface area (Å²) >= 11 is 6.12. The van der Waals surface area contributed by atoms with Crippen molar-refractivity contribution in [1.82, 2.24) is 30.2 Å². The molecule has 0 radical (unpaired) electrons. The second kappa shape index (κ2) is 5.86. The monoisotopic (exact) mass is 338 g/mol. The number of fused-ring (bicyclic) bond motifs is 1. The minimum absolute atomic E-state index is 0.318. The fraction of sp³-hybridized carbons (Fsp3) is 0.0625. The third-order valence-corrected chi connectivity index (χ3v) is 3.91. The Morgan fingerprint density at radius 3 is 2.62 bits per heavy atom. The van der Waals surface area contributed by atoms with Crippen molar-refractivity contribution >= 4 is 22.4 Å². The Morgan fingerprint density at radius 1 is 1.00 bits per heavy atom. The van der Waals surface area contributed by atoms with Crippen molar-refractivity contribution in [2.45, 2.75) is 0 Å². The van der Waals surface area contributed by atoms with E-state index in [-0.39, 0.29) is 0 Å². The quantitative estimate of drug-likeness (QED) is 0.571. The maximum atomic E-state index is 6.12. The topological polar surface area (TPSA) is 78.6 Å². The summed E-state index contributed by atoms with van der Waals surface area (Å²) in [7, 11) is 1.60. The fourth-order valence-corrected chi connectivity index (χ4v) is 2.70. The van der Waals surface area contributed by atoms with Crippen LogP contribution in [0.3, 0.4) is 0 Å². The number of ether oxygens (including phenoxy) is 1. The van der Waals surface area contributed by atoms with Gasteiger partial charge in [-0.3, -0.25) is 4.98 Å². The van der Waals surface area contributed by atoms with Crippen molar-refractivity contribution < 1.29 is 4.74 Å². The first-order valence-electron chi connectivity index (χ1n) is 7.09. The van der Waals surface area contributed by atoms with Crippen LogP contribution >= 0.6 is 11.6 Å². The molecule has 0 fully saturated rings. The van der Waals surface area contributed by atoms with Crippen LogP contribution < -0.4 is 4.74 Å². The van der Waals surface area contributed by atoms with Gasteiger partial charge < -0.3 is 4.74 Å². The van der Waals surface area contributed by atoms with Gasteiger partial charge in [-0.1, -0.05) is 11.6 Å². The van der Waals surface area contributed by atoms with Gasteiger partial charge in [0.1, 0.15) is 11.4 Å². The van der Waals surface area contributed by atoms with Gasteiger partial charge in [0.15, 0.2) is 5.15 Å². The molecule has 8 heteroatoms. The average Bonchev–Trinajstić information content (AvgIpc) is 3.17. The Kier molecular flexibility index (Phi) is 3.55. The van der Waals surface area contributed by atoms with E-state index in [1.54, 1.807) is 31.9 Å². The summed E-state index contributed by atoms with van der Waals surface area (Å²) in [6, 6.07) is 7.49. The summed E-state index contributed by atoms with van der Waals surface area (Å²) in [5.74, 6) is 0.638. The van der Waals surface area contributed by atoms with Gasteiger partial charge in [0.2, 0.25) is 0 Å². The van der Waals surface area contributed by atoms with Crippen LogP contribution in [0.25, 0.3) is 27.7 Å². The summed E-state index contributed by atoms with van der Waals surface area (Å²) in [6.45, 7) is 0. The van der Waals surface area contributed by atoms with Crippen LogP contribution in [0.2, 0.25) is 5.15 Å². The van der Waals surface area contributed by atoms with Gasteiger partial charge in [-0.25, -0.2) is 0 Å². The number of rotatable bonds is 3. The highest BCUT2D eigenvalue weighted by molar-refractivity contribution is 6.34. The van der Waals surface area contributed by atoms with Crippen LogP contribution in [-0.4, -0.2) is 37.3 Å². The molecular formula is C16H11ClN6O. The number of hydrogen-bond donors (Lipinski definition) is 0. The molecule has 0 N–H and O–H groups in total. The van der Waals surface area contributed by atoms with E-state index in [0.717, 1.165) is 22.0 Å². The van der Waals surface area contributed by atoms with E-state index in [9.17, 15) is 0 Å². The van der Waals surface area contributed by atoms with E-state index < -0.39 is 0 Å². The lowest BCUT2D eigenvalue weighted by Crippen LogP contribution is -2.00. The SMILES string of the molecule is COc1cc(-n2nccn2)ccc1-c1nnc(Cl)c2cnccc12. The first-order chi connectivity index (χ1) is 11.8. The Bertz CT molecular complexity index is 1020. The van der Waals surface area contributed by atoms with Crippen molar-refractivity contribution in [3.05, 3.63) is 54.2 Å². The van der Waals surface area contributed by atoms with Crippen molar-refractivity contribution in [3.8, 4) is 22.7 Å². The lowest BCUT2D eigenvalue weighted by molar-refractivity contribution is 0.416. The molecule has 4 aromatic rings. The van der Waals surface area contributed by atoms with Gasteiger partial charge >= 0.3 is 0 Å². The van der Waals surface area contributed by atoms with Gasteiger partial charge in [0.25, 0.3) is 0 Å². The molecule has 3 heterocycles. The van der Waals surface area contributed by atoms with Crippen molar-refractivity contribution in [3.63, 3.8) is 0 Å². The molecule has 0 bridgehead atoms. The highest BCUT2D eigenvalue weighted by Gasteiger charge is 2.15. The zero-order chi connectivity index (χ0) is 16.5. The number of pyridine rings is 1. The van der Waals surface area contributed by atoms with Crippen LogP contribution in [0.4, 0.5) is 0 Å². The second-order valence-electron chi connectivity index (χ2n) is 4.96. The first-order valence-corrected chi connectivity index (χ1v) is 7.46. The molecule has 4 rings (SSSR count). The van der Waals surface area contributed by atoms with Crippen LogP contribution in [0.1, 0.15) is 0 Å². The van der Waals surface area contributed by atoms with E-state index in [0.29, 0.717) is 16.6 Å². The molecule has 0 amide bonds. The second-order valence-corrected chi connectivity index (χ2v) is 5.32. The number of benzene rings is 1. The molecule has 118 valence electrons. The summed E-state index contributed by atoms with van der Waals surface area (Å²) < 4.78 is 5.53. The normalized spacial score (nSPS) is 10.9. The Morgan fingerprint density at radius 2 is 1.83 bits per heavy atom. The smallest absolute Gasteiger partial charge is 0.161 e. The van der Waals surface area contributed by atoms with Crippen LogP contribution in [0, 0.1) is 0 Å². The number of aromatic nitrogens is 6. The third kappa shape index (κ3) is 2.35. The zero-order valence-corrected chi connectivity index (χ0v) is 13.3. The van der Waals surface area contributed by atoms with Gasteiger partial charge in [0, 0.05) is 34.8 Å². The molecule has 0 spiro atoms. The van der Waals surface area contributed by atoms with E-state index in [1.165, 1.54) is 4.80 Å². The number of halogens is 1. The molecule has 0 unspecified atom stereocenters. The Balaban J connectivity index is 1.93. The van der Waals surface area contributed by atoms with E-state index >= 15 is 0 Å². The lowest BCUT2D eigenvalue weighted by Gasteiger charge is -2.11. The molecule has 0 saturated carbocycles. The minimum atomic E-state index is 0.318. The zero-order valence-electron chi connectivity index (χ0n) is 12.6. The molecule has 1 aromatic carbocycles. The molecule has 0 atom stereocenters. The molecule has 24 heavy (non-hydrogen) atoms. The molecule has 7 nitrogen and oxygen atoms in total. The average molecular weight is 339 g/mol. The molecule has 0 aliphatic rings.